The maximum absolute atomic E-state index is 12.6. The zero-order chi connectivity index (χ0) is 15.6. The molecule has 2 N–H and O–H groups in total. The van der Waals surface area contributed by atoms with Crippen LogP contribution in [-0.2, 0) is 16.6 Å². The maximum Gasteiger partial charge on any atom is 0.244 e. The van der Waals surface area contributed by atoms with E-state index in [9.17, 15) is 8.42 Å². The van der Waals surface area contributed by atoms with E-state index in [4.69, 9.17) is 28.9 Å². The molecule has 0 spiro atoms. The molecule has 0 aliphatic heterocycles. The fourth-order valence-corrected chi connectivity index (χ4v) is 3.73. The van der Waals surface area contributed by atoms with Gasteiger partial charge in [0.2, 0.25) is 10.0 Å². The quantitative estimate of drug-likeness (QED) is 0.864. The van der Waals surface area contributed by atoms with E-state index < -0.39 is 10.0 Å². The summed E-state index contributed by atoms with van der Waals surface area (Å²) >= 11 is 11.8. The molecule has 4 nitrogen and oxygen atoms in total. The molecular weight excluding hydrogens is 331 g/mol. The van der Waals surface area contributed by atoms with Crippen molar-refractivity contribution in [1.29, 1.82) is 0 Å². The van der Waals surface area contributed by atoms with Gasteiger partial charge in [0.25, 0.3) is 0 Å². The number of rotatable bonds is 4. The Morgan fingerprint density at radius 1 is 1.14 bits per heavy atom. The van der Waals surface area contributed by atoms with Gasteiger partial charge in [0.1, 0.15) is 4.90 Å². The lowest BCUT2D eigenvalue weighted by Crippen LogP contribution is -2.27. The molecule has 0 radical (unpaired) electrons. The Morgan fingerprint density at radius 3 is 2.48 bits per heavy atom. The Bertz CT molecular complexity index is 763. The summed E-state index contributed by atoms with van der Waals surface area (Å²) in [5, 5.41) is 0.442. The second-order valence-electron chi connectivity index (χ2n) is 4.53. The predicted octanol–water partition coefficient (Wildman–Crippen LogP) is 3.40. The minimum Gasteiger partial charge on any atom is -0.398 e. The first-order valence-electron chi connectivity index (χ1n) is 6.07. The number of nitrogens with zero attached hydrogens (tertiary/aromatic N) is 1. The lowest BCUT2D eigenvalue weighted by molar-refractivity contribution is 0.467. The number of nitrogen functional groups attached to an aromatic ring is 1. The van der Waals surface area contributed by atoms with Crippen molar-refractivity contribution < 1.29 is 8.42 Å². The van der Waals surface area contributed by atoms with Crippen LogP contribution in [0.15, 0.2) is 47.4 Å². The lowest BCUT2D eigenvalue weighted by Gasteiger charge is -2.19. The third-order valence-corrected chi connectivity index (χ3v) is 5.55. The molecule has 0 aliphatic rings. The zero-order valence-electron chi connectivity index (χ0n) is 11.3. The van der Waals surface area contributed by atoms with E-state index >= 15 is 0 Å². The van der Waals surface area contributed by atoms with E-state index in [0.717, 1.165) is 5.56 Å². The fraction of sp³-hybridized carbons (Fsp3) is 0.143. The molecule has 112 valence electrons. The van der Waals surface area contributed by atoms with E-state index in [0.29, 0.717) is 10.7 Å². The molecule has 0 unspecified atom stereocenters. The second-order valence-corrected chi connectivity index (χ2v) is 7.39. The highest BCUT2D eigenvalue weighted by Crippen LogP contribution is 2.28. The number of hydrogen-bond donors (Lipinski definition) is 1. The number of nitrogens with two attached hydrogens (primary N) is 1. The summed E-state index contributed by atoms with van der Waals surface area (Å²) < 4.78 is 26.3. The molecule has 21 heavy (non-hydrogen) atoms. The van der Waals surface area contributed by atoms with E-state index in [1.165, 1.54) is 29.6 Å². The first-order chi connectivity index (χ1) is 9.82. The van der Waals surface area contributed by atoms with Crippen LogP contribution in [0, 0.1) is 0 Å². The van der Waals surface area contributed by atoms with Crippen LogP contribution in [-0.4, -0.2) is 19.8 Å². The predicted molar refractivity (Wildman–Crippen MR) is 86.0 cm³/mol. The SMILES string of the molecule is CN(Cc1ccccc1N)S(=O)(=O)c1cc(Cl)ccc1Cl. The molecule has 0 atom stereocenters. The summed E-state index contributed by atoms with van der Waals surface area (Å²) in [7, 11) is -2.27. The Kier molecular flexibility index (Phi) is 4.78. The van der Waals surface area contributed by atoms with Crippen molar-refractivity contribution in [2.45, 2.75) is 11.4 Å². The third kappa shape index (κ3) is 3.49. The smallest absolute Gasteiger partial charge is 0.244 e. The van der Waals surface area contributed by atoms with Crippen LogP contribution < -0.4 is 5.73 Å². The zero-order valence-corrected chi connectivity index (χ0v) is 13.6. The van der Waals surface area contributed by atoms with Gasteiger partial charge in [0.15, 0.2) is 0 Å². The van der Waals surface area contributed by atoms with Gasteiger partial charge in [-0.3, -0.25) is 0 Å². The number of benzene rings is 2. The highest BCUT2D eigenvalue weighted by Gasteiger charge is 2.24. The van der Waals surface area contributed by atoms with Crippen molar-refractivity contribution in [1.82, 2.24) is 4.31 Å². The summed E-state index contributed by atoms with van der Waals surface area (Å²) in [5.41, 5.74) is 7.10. The molecule has 0 amide bonds. The van der Waals surface area contributed by atoms with Crippen molar-refractivity contribution >= 4 is 38.9 Å². The third-order valence-electron chi connectivity index (χ3n) is 3.03. The number of sulfonamides is 1. The summed E-state index contributed by atoms with van der Waals surface area (Å²) in [4.78, 5) is -0.0198. The van der Waals surface area contributed by atoms with Gasteiger partial charge in [-0.1, -0.05) is 41.4 Å². The molecule has 0 bridgehead atoms. The van der Waals surface area contributed by atoms with Gasteiger partial charge in [0.05, 0.1) is 5.02 Å². The summed E-state index contributed by atoms with van der Waals surface area (Å²) in [6.45, 7) is 0.151. The Labute approximate surface area is 134 Å². The first-order valence-corrected chi connectivity index (χ1v) is 8.27. The Balaban J connectivity index is 2.35. The molecular formula is C14H14Cl2N2O2S. The minimum atomic E-state index is -3.75. The average molecular weight is 345 g/mol. The first kappa shape index (κ1) is 16.1. The van der Waals surface area contributed by atoms with E-state index in [2.05, 4.69) is 0 Å². The number of hydrogen-bond acceptors (Lipinski definition) is 3. The maximum atomic E-state index is 12.6. The van der Waals surface area contributed by atoms with E-state index in [1.54, 1.807) is 24.3 Å². The molecule has 0 aliphatic carbocycles. The van der Waals surface area contributed by atoms with Crippen LogP contribution in [0.1, 0.15) is 5.56 Å². The van der Waals surface area contributed by atoms with Gasteiger partial charge in [-0.2, -0.15) is 4.31 Å². The average Bonchev–Trinajstić information content (AvgIpc) is 2.43. The van der Waals surface area contributed by atoms with Gasteiger partial charge < -0.3 is 5.73 Å². The number of anilines is 1. The molecule has 7 heteroatoms. The number of para-hydroxylation sites is 1. The minimum absolute atomic E-state index is 0.0198. The fourth-order valence-electron chi connectivity index (χ4n) is 1.85. The van der Waals surface area contributed by atoms with E-state index in [-0.39, 0.29) is 16.5 Å². The van der Waals surface area contributed by atoms with Crippen LogP contribution in [0.2, 0.25) is 10.0 Å². The van der Waals surface area contributed by atoms with Gasteiger partial charge in [-0.25, -0.2) is 8.42 Å². The van der Waals surface area contributed by atoms with Crippen LogP contribution in [0.4, 0.5) is 5.69 Å². The van der Waals surface area contributed by atoms with Crippen molar-refractivity contribution in [2.24, 2.45) is 0 Å². The van der Waals surface area contributed by atoms with Gasteiger partial charge in [-0.05, 0) is 29.8 Å². The Morgan fingerprint density at radius 2 is 1.81 bits per heavy atom. The lowest BCUT2D eigenvalue weighted by atomic mass is 10.2. The topological polar surface area (TPSA) is 63.4 Å². The van der Waals surface area contributed by atoms with E-state index in [1.807, 2.05) is 0 Å². The van der Waals surface area contributed by atoms with Crippen molar-refractivity contribution in [3.05, 3.63) is 58.1 Å². The molecule has 2 aromatic rings. The summed E-state index contributed by atoms with van der Waals surface area (Å²) in [5.74, 6) is 0. The summed E-state index contributed by atoms with van der Waals surface area (Å²) in [6.07, 6.45) is 0. The highest BCUT2D eigenvalue weighted by atomic mass is 35.5. The largest absolute Gasteiger partial charge is 0.398 e. The van der Waals surface area contributed by atoms with Gasteiger partial charge in [-0.15, -0.1) is 0 Å². The standard InChI is InChI=1S/C14H14Cl2N2O2S/c1-18(9-10-4-2-3-5-13(10)17)21(19,20)14-8-11(15)6-7-12(14)16/h2-8H,9,17H2,1H3. The van der Waals surface area contributed by atoms with Crippen molar-refractivity contribution in [2.75, 3.05) is 12.8 Å². The Hall–Kier alpha value is -1.27. The van der Waals surface area contributed by atoms with Crippen LogP contribution in [0.3, 0.4) is 0 Å². The summed E-state index contributed by atoms with van der Waals surface area (Å²) in [6, 6.07) is 11.4. The molecule has 0 saturated heterocycles. The molecule has 0 aromatic heterocycles. The van der Waals surface area contributed by atoms with Crippen LogP contribution >= 0.6 is 23.2 Å². The number of halogens is 2. The highest BCUT2D eigenvalue weighted by molar-refractivity contribution is 7.89. The second kappa shape index (κ2) is 6.23. The van der Waals surface area contributed by atoms with Crippen LogP contribution in [0.5, 0.6) is 0 Å². The van der Waals surface area contributed by atoms with Crippen molar-refractivity contribution in [3.63, 3.8) is 0 Å². The van der Waals surface area contributed by atoms with Crippen LogP contribution in [0.25, 0.3) is 0 Å². The molecule has 2 aromatic carbocycles. The van der Waals surface area contributed by atoms with Gasteiger partial charge >= 0.3 is 0 Å². The van der Waals surface area contributed by atoms with Gasteiger partial charge in [0, 0.05) is 24.3 Å². The normalized spacial score (nSPS) is 11.8. The van der Waals surface area contributed by atoms with Crippen molar-refractivity contribution in [3.8, 4) is 0 Å². The molecule has 0 fully saturated rings. The molecule has 2 rings (SSSR count). The molecule has 0 heterocycles. The molecule has 0 saturated carbocycles. The monoisotopic (exact) mass is 344 g/mol.